The normalized spacial score (nSPS) is 13.2. The number of aromatic amines is 1. The molecule has 0 saturated heterocycles. The van der Waals surface area contributed by atoms with Crippen LogP contribution in [0.5, 0.6) is 11.5 Å². The minimum absolute atomic E-state index is 0.476. The number of H-pyrrole nitrogens is 1. The molecule has 4 heteroatoms. The summed E-state index contributed by atoms with van der Waals surface area (Å²) in [6, 6.07) is 59.5. The number of nitrogens with one attached hydrogen (secondary N) is 1. The third-order valence-corrected chi connectivity index (χ3v) is 9.95. The van der Waals surface area contributed by atoms with Gasteiger partial charge in [-0.3, -0.25) is 0 Å². The predicted octanol–water partition coefficient (Wildman–Crippen LogP) is 10.9. The van der Waals surface area contributed by atoms with E-state index in [1.54, 1.807) is 0 Å². The van der Waals surface area contributed by atoms with Crippen molar-refractivity contribution >= 4 is 0 Å². The first kappa shape index (κ1) is 27.6. The first-order valence-corrected chi connectivity index (χ1v) is 16.6. The zero-order valence-corrected chi connectivity index (χ0v) is 26.5. The summed E-state index contributed by atoms with van der Waals surface area (Å²) in [5, 5.41) is 0. The number of aromatic nitrogens is 3. The van der Waals surface area contributed by atoms with E-state index in [9.17, 15) is 0 Å². The molecule has 6 aromatic carbocycles. The van der Waals surface area contributed by atoms with Crippen LogP contribution in [-0.2, 0) is 5.41 Å². The second-order valence-electron chi connectivity index (χ2n) is 12.6. The van der Waals surface area contributed by atoms with Crippen molar-refractivity contribution in [3.63, 3.8) is 0 Å². The van der Waals surface area contributed by atoms with Gasteiger partial charge in [0.25, 0.3) is 0 Å². The van der Waals surface area contributed by atoms with Gasteiger partial charge < -0.3 is 9.72 Å². The Kier molecular flexibility index (Phi) is 6.06. The quantitative estimate of drug-likeness (QED) is 0.211. The summed E-state index contributed by atoms with van der Waals surface area (Å²) in [4.78, 5) is 13.7. The van der Waals surface area contributed by atoms with Gasteiger partial charge in [0, 0.05) is 33.5 Å². The average molecular weight is 628 g/mol. The molecule has 49 heavy (non-hydrogen) atoms. The highest BCUT2D eigenvalue weighted by atomic mass is 16.5. The van der Waals surface area contributed by atoms with E-state index in [0.717, 1.165) is 56.5 Å². The summed E-state index contributed by atoms with van der Waals surface area (Å²) in [7, 11) is 0. The van der Waals surface area contributed by atoms with Crippen LogP contribution in [-0.4, -0.2) is 15.0 Å². The van der Waals surface area contributed by atoms with Crippen LogP contribution < -0.4 is 4.74 Å². The topological polar surface area (TPSA) is 50.8 Å². The van der Waals surface area contributed by atoms with E-state index in [1.807, 2.05) is 36.4 Å². The number of hydrogen-bond donors (Lipinski definition) is 1. The van der Waals surface area contributed by atoms with Gasteiger partial charge in [0.1, 0.15) is 11.5 Å². The Labute approximate surface area is 284 Å². The molecule has 0 bridgehead atoms. The molecule has 1 spiro atoms. The molecule has 0 atom stereocenters. The highest BCUT2D eigenvalue weighted by Crippen LogP contribution is 2.62. The molecule has 8 aromatic rings. The number of benzene rings is 6. The molecule has 1 N–H and O–H groups in total. The van der Waals surface area contributed by atoms with Crippen molar-refractivity contribution in [2.45, 2.75) is 5.41 Å². The molecule has 1 aliphatic heterocycles. The first-order chi connectivity index (χ1) is 24.3. The van der Waals surface area contributed by atoms with E-state index in [2.05, 4.69) is 138 Å². The third kappa shape index (κ3) is 4.17. The lowest BCUT2D eigenvalue weighted by Gasteiger charge is -2.39. The second kappa shape index (κ2) is 10.8. The van der Waals surface area contributed by atoms with Crippen LogP contribution in [0.2, 0.25) is 0 Å². The number of hydrogen-bond acceptors (Lipinski definition) is 3. The number of fused-ring (bicyclic) bond motifs is 9. The fourth-order valence-corrected chi connectivity index (χ4v) is 7.80. The SMILES string of the molecule is c1ccc(-c2cc(-c3ccccc3)nc(-c3ccc(-c4ccc5c(c4)Oc4ccccc4C54c5ccccc5-c5ccccc54)[nH]3)n2)cc1. The molecule has 0 fully saturated rings. The molecule has 230 valence electrons. The summed E-state index contributed by atoms with van der Waals surface area (Å²) in [6.45, 7) is 0. The molecule has 4 nitrogen and oxygen atoms in total. The van der Waals surface area contributed by atoms with Gasteiger partial charge in [-0.05, 0) is 52.6 Å². The lowest BCUT2D eigenvalue weighted by Crippen LogP contribution is -2.32. The molecule has 2 aliphatic rings. The van der Waals surface area contributed by atoms with Crippen LogP contribution in [0.15, 0.2) is 170 Å². The van der Waals surface area contributed by atoms with Crippen molar-refractivity contribution in [2.24, 2.45) is 0 Å². The average Bonchev–Trinajstić information content (AvgIpc) is 3.78. The Balaban J connectivity index is 1.11. The van der Waals surface area contributed by atoms with Gasteiger partial charge in [0.2, 0.25) is 0 Å². The van der Waals surface area contributed by atoms with Crippen molar-refractivity contribution < 1.29 is 4.74 Å². The monoisotopic (exact) mass is 627 g/mol. The maximum atomic E-state index is 6.74. The van der Waals surface area contributed by atoms with Gasteiger partial charge >= 0.3 is 0 Å². The number of nitrogens with zero attached hydrogens (tertiary/aromatic N) is 2. The standard InChI is InChI=1S/C45H29N3O/c1-3-13-29(14-4-1)40-28-41(30-15-5-2-6-16-30)48-44(47-40)39-26-25-38(46-39)31-23-24-37-43(27-31)49-42-22-12-11-21-36(42)45(37)34-19-9-7-17-32(34)33-18-8-10-20-35(33)45/h1-28,46H. The summed E-state index contributed by atoms with van der Waals surface area (Å²) >= 11 is 0. The van der Waals surface area contributed by atoms with Gasteiger partial charge in [0.05, 0.1) is 22.5 Å². The van der Waals surface area contributed by atoms with Crippen molar-refractivity contribution in [1.82, 2.24) is 15.0 Å². The van der Waals surface area contributed by atoms with Gasteiger partial charge in [-0.1, -0.05) is 140 Å². The number of para-hydroxylation sites is 1. The molecule has 1 aliphatic carbocycles. The van der Waals surface area contributed by atoms with Crippen LogP contribution in [0.4, 0.5) is 0 Å². The van der Waals surface area contributed by atoms with Gasteiger partial charge in [-0.15, -0.1) is 0 Å². The van der Waals surface area contributed by atoms with Crippen LogP contribution in [0.3, 0.4) is 0 Å². The lowest BCUT2D eigenvalue weighted by molar-refractivity contribution is 0.436. The predicted molar refractivity (Wildman–Crippen MR) is 196 cm³/mol. The van der Waals surface area contributed by atoms with Crippen LogP contribution >= 0.6 is 0 Å². The largest absolute Gasteiger partial charge is 0.457 e. The van der Waals surface area contributed by atoms with Crippen LogP contribution in [0.25, 0.3) is 56.4 Å². The fourth-order valence-electron chi connectivity index (χ4n) is 7.80. The fraction of sp³-hybridized carbons (Fsp3) is 0.0222. The maximum absolute atomic E-state index is 6.74. The molecule has 3 heterocycles. The van der Waals surface area contributed by atoms with Gasteiger partial charge in [-0.2, -0.15) is 0 Å². The summed E-state index contributed by atoms with van der Waals surface area (Å²) in [5.74, 6) is 2.38. The summed E-state index contributed by atoms with van der Waals surface area (Å²) in [5.41, 5.74) is 13.6. The van der Waals surface area contributed by atoms with Crippen molar-refractivity contribution in [3.8, 4) is 67.9 Å². The molecule has 10 rings (SSSR count). The molecule has 0 amide bonds. The van der Waals surface area contributed by atoms with E-state index < -0.39 is 5.41 Å². The Morgan fingerprint density at radius 1 is 0.408 bits per heavy atom. The van der Waals surface area contributed by atoms with E-state index in [4.69, 9.17) is 14.7 Å². The van der Waals surface area contributed by atoms with Crippen molar-refractivity contribution in [2.75, 3.05) is 0 Å². The molecule has 2 aromatic heterocycles. The molecule has 0 saturated carbocycles. The van der Waals surface area contributed by atoms with Crippen LogP contribution in [0, 0.1) is 0 Å². The Morgan fingerprint density at radius 2 is 0.939 bits per heavy atom. The van der Waals surface area contributed by atoms with E-state index in [1.165, 1.54) is 27.8 Å². The zero-order chi connectivity index (χ0) is 32.4. The maximum Gasteiger partial charge on any atom is 0.177 e. The van der Waals surface area contributed by atoms with E-state index >= 15 is 0 Å². The van der Waals surface area contributed by atoms with Gasteiger partial charge in [0.15, 0.2) is 5.82 Å². The zero-order valence-electron chi connectivity index (χ0n) is 26.5. The number of ether oxygens (including phenoxy) is 1. The lowest BCUT2D eigenvalue weighted by atomic mass is 9.66. The molecular formula is C45H29N3O. The summed E-state index contributed by atoms with van der Waals surface area (Å²) < 4.78 is 6.74. The minimum atomic E-state index is -0.476. The van der Waals surface area contributed by atoms with Crippen molar-refractivity contribution in [1.29, 1.82) is 0 Å². The van der Waals surface area contributed by atoms with E-state index in [-0.39, 0.29) is 0 Å². The van der Waals surface area contributed by atoms with Crippen LogP contribution in [0.1, 0.15) is 22.3 Å². The molecular weight excluding hydrogens is 599 g/mol. The van der Waals surface area contributed by atoms with Gasteiger partial charge in [-0.25, -0.2) is 9.97 Å². The second-order valence-corrected chi connectivity index (χ2v) is 12.6. The highest BCUT2D eigenvalue weighted by molar-refractivity contribution is 5.89. The Morgan fingerprint density at radius 3 is 1.59 bits per heavy atom. The minimum Gasteiger partial charge on any atom is -0.457 e. The molecule has 0 radical (unpaired) electrons. The smallest absolute Gasteiger partial charge is 0.177 e. The number of rotatable bonds is 4. The Hall–Kier alpha value is -6.52. The Bertz CT molecular complexity index is 2430. The summed E-state index contributed by atoms with van der Waals surface area (Å²) in [6.07, 6.45) is 0. The third-order valence-electron chi connectivity index (χ3n) is 9.95. The first-order valence-electron chi connectivity index (χ1n) is 16.6. The molecule has 0 unspecified atom stereocenters. The van der Waals surface area contributed by atoms with Crippen molar-refractivity contribution in [3.05, 3.63) is 192 Å². The van der Waals surface area contributed by atoms with E-state index in [0.29, 0.717) is 5.82 Å². The highest BCUT2D eigenvalue weighted by Gasteiger charge is 2.50.